The van der Waals surface area contributed by atoms with Crippen LogP contribution in [0.25, 0.3) is 0 Å². The van der Waals surface area contributed by atoms with Crippen molar-refractivity contribution < 1.29 is 4.79 Å². The molecule has 1 aromatic heterocycles. The molecule has 2 aliphatic carbocycles. The molecule has 0 saturated heterocycles. The smallest absolute Gasteiger partial charge is 0.234 e. The Hall–Kier alpha value is -1.55. The fourth-order valence-electron chi connectivity index (χ4n) is 3.15. The number of carbonyl (C=O) groups is 1. The SMILES string of the molecule is Cc1nnc(S[C@H](C)C(=O)NC2(C#N)CCCCC2)n1C1CC1. The highest BCUT2D eigenvalue weighted by molar-refractivity contribution is 8.00. The average Bonchev–Trinajstić information content (AvgIpc) is 3.32. The second kappa shape index (κ2) is 6.52. The zero-order chi connectivity index (χ0) is 16.4. The lowest BCUT2D eigenvalue weighted by molar-refractivity contribution is -0.121. The number of carbonyl (C=O) groups excluding carboxylic acids is 1. The monoisotopic (exact) mass is 333 g/mol. The molecule has 2 fully saturated rings. The van der Waals surface area contributed by atoms with Crippen molar-refractivity contribution >= 4 is 17.7 Å². The van der Waals surface area contributed by atoms with E-state index in [1.165, 1.54) is 11.8 Å². The summed E-state index contributed by atoms with van der Waals surface area (Å²) in [5, 5.41) is 21.4. The summed E-state index contributed by atoms with van der Waals surface area (Å²) in [6.07, 6.45) is 6.98. The van der Waals surface area contributed by atoms with Gasteiger partial charge in [-0.25, -0.2) is 0 Å². The van der Waals surface area contributed by atoms with Gasteiger partial charge in [-0.1, -0.05) is 31.0 Å². The van der Waals surface area contributed by atoms with Gasteiger partial charge in [0.15, 0.2) is 5.16 Å². The molecule has 1 amide bonds. The standard InChI is InChI=1S/C16H23N5OS/c1-11(14(22)18-16(10-17)8-4-3-5-9-16)23-15-20-19-12(2)21(15)13-6-7-13/h11,13H,3-9H2,1-2H3,(H,18,22)/t11-/m1/s1. The minimum atomic E-state index is -0.676. The lowest BCUT2D eigenvalue weighted by Crippen LogP contribution is -2.51. The van der Waals surface area contributed by atoms with E-state index in [1.807, 2.05) is 13.8 Å². The molecule has 1 heterocycles. The summed E-state index contributed by atoms with van der Waals surface area (Å²) in [5.74, 6) is 0.824. The van der Waals surface area contributed by atoms with Crippen molar-refractivity contribution in [2.45, 2.75) is 80.8 Å². The first-order valence-corrected chi connectivity index (χ1v) is 9.24. The molecule has 1 atom stereocenters. The first kappa shape index (κ1) is 16.3. The van der Waals surface area contributed by atoms with Crippen LogP contribution in [0.1, 0.15) is 63.7 Å². The molecule has 2 saturated carbocycles. The average molecular weight is 333 g/mol. The number of thioether (sulfide) groups is 1. The molecule has 7 heteroatoms. The second-order valence-corrected chi connectivity index (χ2v) is 7.94. The van der Waals surface area contributed by atoms with Crippen molar-refractivity contribution in [1.82, 2.24) is 20.1 Å². The Morgan fingerprint density at radius 1 is 1.39 bits per heavy atom. The topological polar surface area (TPSA) is 83.6 Å². The molecular weight excluding hydrogens is 310 g/mol. The third-order valence-electron chi connectivity index (χ3n) is 4.68. The summed E-state index contributed by atoms with van der Waals surface area (Å²) < 4.78 is 2.13. The maximum Gasteiger partial charge on any atom is 0.234 e. The van der Waals surface area contributed by atoms with E-state index in [1.54, 1.807) is 0 Å². The van der Waals surface area contributed by atoms with Crippen LogP contribution >= 0.6 is 11.8 Å². The third-order valence-corrected chi connectivity index (χ3v) is 5.74. The van der Waals surface area contributed by atoms with Crippen LogP contribution in [0.2, 0.25) is 0 Å². The molecule has 0 bridgehead atoms. The van der Waals surface area contributed by atoms with Crippen LogP contribution in [0.4, 0.5) is 0 Å². The molecule has 1 aromatic rings. The van der Waals surface area contributed by atoms with E-state index in [0.717, 1.165) is 55.9 Å². The summed E-state index contributed by atoms with van der Waals surface area (Å²) in [6.45, 7) is 3.82. The quantitative estimate of drug-likeness (QED) is 0.838. The summed E-state index contributed by atoms with van der Waals surface area (Å²) in [6, 6.07) is 2.83. The Balaban J connectivity index is 1.65. The Morgan fingerprint density at radius 2 is 2.09 bits per heavy atom. The van der Waals surface area contributed by atoms with Gasteiger partial charge in [0.25, 0.3) is 0 Å². The molecule has 3 rings (SSSR count). The zero-order valence-corrected chi connectivity index (χ0v) is 14.5. The normalized spacial score (nSPS) is 21.4. The Bertz CT molecular complexity index is 625. The van der Waals surface area contributed by atoms with Gasteiger partial charge in [0, 0.05) is 6.04 Å². The maximum atomic E-state index is 12.5. The lowest BCUT2D eigenvalue weighted by atomic mass is 9.83. The third kappa shape index (κ3) is 3.52. The molecule has 1 N–H and O–H groups in total. The lowest BCUT2D eigenvalue weighted by Gasteiger charge is -2.32. The van der Waals surface area contributed by atoms with Crippen LogP contribution < -0.4 is 5.32 Å². The number of nitrogens with one attached hydrogen (secondary N) is 1. The maximum absolute atomic E-state index is 12.5. The van der Waals surface area contributed by atoms with E-state index in [-0.39, 0.29) is 11.2 Å². The first-order chi connectivity index (χ1) is 11.0. The van der Waals surface area contributed by atoms with Gasteiger partial charge < -0.3 is 9.88 Å². The highest BCUT2D eigenvalue weighted by Crippen LogP contribution is 2.39. The highest BCUT2D eigenvalue weighted by Gasteiger charge is 2.36. The van der Waals surface area contributed by atoms with Gasteiger partial charge in [-0.3, -0.25) is 4.79 Å². The molecule has 23 heavy (non-hydrogen) atoms. The number of rotatable bonds is 5. The van der Waals surface area contributed by atoms with Gasteiger partial charge in [-0.15, -0.1) is 10.2 Å². The van der Waals surface area contributed by atoms with Crippen LogP contribution in [0.15, 0.2) is 5.16 Å². The van der Waals surface area contributed by atoms with E-state index in [4.69, 9.17) is 0 Å². The predicted molar refractivity (Wildman–Crippen MR) is 87.9 cm³/mol. The molecule has 2 aliphatic rings. The van der Waals surface area contributed by atoms with Gasteiger partial charge in [-0.2, -0.15) is 5.26 Å². The van der Waals surface area contributed by atoms with Gasteiger partial charge in [0.2, 0.25) is 5.91 Å². The summed E-state index contributed by atoms with van der Waals surface area (Å²) in [7, 11) is 0. The fraction of sp³-hybridized carbons (Fsp3) is 0.750. The number of aryl methyl sites for hydroxylation is 1. The number of hydrogen-bond acceptors (Lipinski definition) is 5. The van der Waals surface area contributed by atoms with Crippen LogP contribution in [0.5, 0.6) is 0 Å². The Labute approximate surface area is 141 Å². The van der Waals surface area contributed by atoms with Crippen LogP contribution in [0, 0.1) is 18.3 Å². The minimum absolute atomic E-state index is 0.0820. The fourth-order valence-corrected chi connectivity index (χ4v) is 4.12. The largest absolute Gasteiger partial charge is 0.337 e. The highest BCUT2D eigenvalue weighted by atomic mass is 32.2. The van der Waals surface area contributed by atoms with Crippen molar-refractivity contribution in [3.63, 3.8) is 0 Å². The molecule has 6 nitrogen and oxygen atoms in total. The number of aromatic nitrogens is 3. The van der Waals surface area contributed by atoms with Gasteiger partial charge in [0.05, 0.1) is 11.3 Å². The molecular formula is C16H23N5OS. The van der Waals surface area contributed by atoms with Crippen LogP contribution in [-0.4, -0.2) is 31.5 Å². The summed E-state index contributed by atoms with van der Waals surface area (Å²) in [4.78, 5) is 12.5. The van der Waals surface area contributed by atoms with Crippen LogP contribution in [0.3, 0.4) is 0 Å². The number of nitriles is 1. The van der Waals surface area contributed by atoms with Crippen molar-refractivity contribution in [2.75, 3.05) is 0 Å². The number of amides is 1. The van der Waals surface area contributed by atoms with Gasteiger partial charge in [0.1, 0.15) is 11.4 Å². The van der Waals surface area contributed by atoms with Crippen molar-refractivity contribution in [3.8, 4) is 6.07 Å². The first-order valence-electron chi connectivity index (χ1n) is 8.36. The summed E-state index contributed by atoms with van der Waals surface area (Å²) in [5.41, 5.74) is -0.676. The molecule has 0 unspecified atom stereocenters. The predicted octanol–water partition coefficient (Wildman–Crippen LogP) is 2.74. The molecule has 0 radical (unpaired) electrons. The summed E-state index contributed by atoms with van der Waals surface area (Å²) >= 11 is 1.43. The van der Waals surface area contributed by atoms with E-state index < -0.39 is 5.54 Å². The Kier molecular flexibility index (Phi) is 4.62. The van der Waals surface area contributed by atoms with Crippen molar-refractivity contribution in [1.29, 1.82) is 5.26 Å². The number of hydrogen-bond donors (Lipinski definition) is 1. The van der Waals surface area contributed by atoms with Gasteiger partial charge >= 0.3 is 0 Å². The van der Waals surface area contributed by atoms with E-state index >= 15 is 0 Å². The van der Waals surface area contributed by atoms with Crippen molar-refractivity contribution in [3.05, 3.63) is 5.82 Å². The van der Waals surface area contributed by atoms with E-state index in [9.17, 15) is 10.1 Å². The molecule has 0 aromatic carbocycles. The van der Waals surface area contributed by atoms with Crippen molar-refractivity contribution in [2.24, 2.45) is 0 Å². The van der Waals surface area contributed by atoms with Crippen LogP contribution in [-0.2, 0) is 4.79 Å². The minimum Gasteiger partial charge on any atom is -0.337 e. The number of nitrogens with zero attached hydrogens (tertiary/aromatic N) is 4. The zero-order valence-electron chi connectivity index (χ0n) is 13.7. The van der Waals surface area contributed by atoms with E-state index in [0.29, 0.717) is 6.04 Å². The van der Waals surface area contributed by atoms with Gasteiger partial charge in [-0.05, 0) is 39.5 Å². The molecule has 0 spiro atoms. The second-order valence-electron chi connectivity index (χ2n) is 6.63. The molecule has 124 valence electrons. The molecule has 0 aliphatic heterocycles. The van der Waals surface area contributed by atoms with E-state index in [2.05, 4.69) is 26.2 Å². The Morgan fingerprint density at radius 3 is 2.70 bits per heavy atom.